The molecule has 1 atom stereocenters. The van der Waals surface area contributed by atoms with E-state index < -0.39 is 0 Å². The van der Waals surface area contributed by atoms with Crippen molar-refractivity contribution in [1.29, 1.82) is 0 Å². The quantitative estimate of drug-likeness (QED) is 0.561. The smallest absolute Gasteiger partial charge is 0.239 e. The molecule has 0 spiro atoms. The summed E-state index contributed by atoms with van der Waals surface area (Å²) in [5, 5.41) is 0.691. The molecule has 0 bridgehead atoms. The lowest BCUT2D eigenvalue weighted by molar-refractivity contribution is -0.136. The summed E-state index contributed by atoms with van der Waals surface area (Å²) in [7, 11) is 1.85. The average molecular weight is 349 g/mol. The number of ether oxygens (including phenoxy) is 1. The minimum atomic E-state index is -0.0722. The van der Waals surface area contributed by atoms with E-state index in [1.165, 1.54) is 0 Å². The van der Waals surface area contributed by atoms with Gasteiger partial charge in [0.2, 0.25) is 5.91 Å². The summed E-state index contributed by atoms with van der Waals surface area (Å²) in [6.45, 7) is 2.70. The fourth-order valence-corrected chi connectivity index (χ4v) is 3.09. The van der Waals surface area contributed by atoms with Crippen molar-refractivity contribution in [2.24, 2.45) is 0 Å². The van der Waals surface area contributed by atoms with Crippen molar-refractivity contribution in [2.45, 2.75) is 31.7 Å². The Kier molecular flexibility index (Phi) is 7.42. The number of hydrogen-bond donors (Lipinski definition) is 0. The Morgan fingerprint density at radius 2 is 2.17 bits per heavy atom. The average Bonchev–Trinajstić information content (AvgIpc) is 2.60. The molecule has 0 N–H and O–H groups in total. The van der Waals surface area contributed by atoms with E-state index in [0.717, 1.165) is 38.0 Å². The first kappa shape index (κ1) is 18.6. The Labute approximate surface area is 149 Å². The van der Waals surface area contributed by atoms with E-state index in [4.69, 9.17) is 22.8 Å². The molecule has 1 fully saturated rings. The van der Waals surface area contributed by atoms with Crippen molar-refractivity contribution < 1.29 is 9.53 Å². The number of likely N-dealkylation sites (N-methyl/N-ethyl adjacent to an activating group) is 1. The lowest BCUT2D eigenvalue weighted by Gasteiger charge is -2.35. The van der Waals surface area contributed by atoms with Gasteiger partial charge < -0.3 is 9.64 Å². The van der Waals surface area contributed by atoms with E-state index in [9.17, 15) is 4.79 Å². The summed E-state index contributed by atoms with van der Waals surface area (Å²) in [5.74, 6) is 3.62. The summed E-state index contributed by atoms with van der Waals surface area (Å²) in [4.78, 5) is 16.6. The minimum Gasteiger partial charge on any atom is -0.494 e. The fraction of sp³-hybridized carbons (Fsp3) is 0.526. The molecule has 5 heteroatoms. The molecule has 1 aliphatic heterocycles. The van der Waals surface area contributed by atoms with E-state index in [1.54, 1.807) is 17.0 Å². The van der Waals surface area contributed by atoms with Crippen LogP contribution in [0.1, 0.15) is 25.7 Å². The summed E-state index contributed by atoms with van der Waals surface area (Å²) >= 11 is 5.84. The normalized spacial score (nSPS) is 18.0. The van der Waals surface area contributed by atoms with Gasteiger partial charge in [-0.3, -0.25) is 9.69 Å². The molecule has 1 heterocycles. The Morgan fingerprint density at radius 3 is 2.88 bits per heavy atom. The number of amides is 1. The molecule has 2 rings (SSSR count). The van der Waals surface area contributed by atoms with Crippen molar-refractivity contribution in [3.63, 3.8) is 0 Å². The van der Waals surface area contributed by atoms with Crippen LogP contribution in [0.5, 0.6) is 5.75 Å². The molecule has 1 aromatic carbocycles. The molecule has 0 saturated carbocycles. The molecule has 1 aliphatic rings. The monoisotopic (exact) mass is 348 g/mol. The van der Waals surface area contributed by atoms with E-state index in [-0.39, 0.29) is 11.9 Å². The third-order valence-corrected chi connectivity index (χ3v) is 4.54. The van der Waals surface area contributed by atoms with Gasteiger partial charge in [0.15, 0.2) is 0 Å². The predicted molar refractivity (Wildman–Crippen MR) is 97.2 cm³/mol. The van der Waals surface area contributed by atoms with E-state index in [2.05, 4.69) is 10.8 Å². The first-order valence-electron chi connectivity index (χ1n) is 8.42. The molecule has 1 saturated heterocycles. The van der Waals surface area contributed by atoms with Crippen LogP contribution in [0, 0.1) is 12.3 Å². The highest BCUT2D eigenvalue weighted by Crippen LogP contribution is 2.19. The number of rotatable bonds is 7. The Bertz CT molecular complexity index is 568. The van der Waals surface area contributed by atoms with Gasteiger partial charge in [0.05, 0.1) is 19.2 Å². The molecule has 24 heavy (non-hydrogen) atoms. The number of terminal acetylenes is 1. The summed E-state index contributed by atoms with van der Waals surface area (Å²) in [6.07, 6.45) is 9.30. The van der Waals surface area contributed by atoms with Gasteiger partial charge in [0.25, 0.3) is 0 Å². The van der Waals surface area contributed by atoms with E-state index in [0.29, 0.717) is 24.7 Å². The minimum absolute atomic E-state index is 0.0722. The second-order valence-corrected chi connectivity index (χ2v) is 6.54. The number of benzene rings is 1. The molecule has 0 aliphatic carbocycles. The largest absolute Gasteiger partial charge is 0.494 e. The maximum Gasteiger partial charge on any atom is 0.239 e. The number of carbonyl (C=O) groups is 1. The van der Waals surface area contributed by atoms with Crippen molar-refractivity contribution in [3.05, 3.63) is 29.3 Å². The van der Waals surface area contributed by atoms with Crippen LogP contribution in [0.15, 0.2) is 24.3 Å². The first-order valence-corrected chi connectivity index (χ1v) is 8.80. The number of piperidine rings is 1. The van der Waals surface area contributed by atoms with Gasteiger partial charge in [-0.05, 0) is 50.1 Å². The Hall–Kier alpha value is -1.70. The molecule has 1 unspecified atom stereocenters. The lowest BCUT2D eigenvalue weighted by atomic mass is 10.0. The Balaban J connectivity index is 1.74. The van der Waals surface area contributed by atoms with Gasteiger partial charge in [-0.2, -0.15) is 0 Å². The van der Waals surface area contributed by atoms with Crippen molar-refractivity contribution >= 4 is 17.5 Å². The van der Waals surface area contributed by atoms with Crippen LogP contribution in [0.25, 0.3) is 0 Å². The zero-order valence-corrected chi connectivity index (χ0v) is 15.0. The van der Waals surface area contributed by atoms with E-state index >= 15 is 0 Å². The molecule has 4 nitrogen and oxygen atoms in total. The highest BCUT2D eigenvalue weighted by Gasteiger charge is 2.29. The van der Waals surface area contributed by atoms with Gasteiger partial charge in [0.1, 0.15) is 5.75 Å². The predicted octanol–water partition coefficient (Wildman–Crippen LogP) is 3.06. The fourth-order valence-electron chi connectivity index (χ4n) is 2.96. The summed E-state index contributed by atoms with van der Waals surface area (Å²) in [6, 6.07) is 7.22. The van der Waals surface area contributed by atoms with Gasteiger partial charge in [-0.1, -0.05) is 23.9 Å². The lowest BCUT2D eigenvalue weighted by Crippen LogP contribution is -2.50. The van der Waals surface area contributed by atoms with Gasteiger partial charge in [-0.15, -0.1) is 6.42 Å². The molecule has 0 aromatic heterocycles. The van der Waals surface area contributed by atoms with Gasteiger partial charge in [0, 0.05) is 18.6 Å². The van der Waals surface area contributed by atoms with Crippen LogP contribution >= 0.6 is 11.6 Å². The summed E-state index contributed by atoms with van der Waals surface area (Å²) < 4.78 is 5.66. The molecule has 1 aromatic rings. The molecule has 130 valence electrons. The topological polar surface area (TPSA) is 32.8 Å². The Morgan fingerprint density at radius 1 is 1.42 bits per heavy atom. The third-order valence-electron chi connectivity index (χ3n) is 4.29. The molecule has 1 amide bonds. The molecular weight excluding hydrogens is 324 g/mol. The van der Waals surface area contributed by atoms with Crippen molar-refractivity contribution in [2.75, 3.05) is 33.3 Å². The summed E-state index contributed by atoms with van der Waals surface area (Å²) in [5.41, 5.74) is 0. The molecular formula is C19H25ClN2O2. The number of hydrogen-bond acceptors (Lipinski definition) is 3. The van der Waals surface area contributed by atoms with Crippen LogP contribution in [0.2, 0.25) is 5.02 Å². The second-order valence-electron chi connectivity index (χ2n) is 6.10. The van der Waals surface area contributed by atoms with E-state index in [1.807, 2.05) is 19.2 Å². The SMILES string of the molecule is C#CCN1CCCCC1C(=O)N(C)CCCOc1ccc(Cl)cc1. The van der Waals surface area contributed by atoms with Crippen LogP contribution in [0.3, 0.4) is 0 Å². The van der Waals surface area contributed by atoms with Crippen LogP contribution in [-0.4, -0.2) is 55.0 Å². The van der Waals surface area contributed by atoms with Gasteiger partial charge >= 0.3 is 0 Å². The standard InChI is InChI=1S/C19H25ClN2O2/c1-3-12-22-14-5-4-7-18(22)19(23)21(2)13-6-15-24-17-10-8-16(20)9-11-17/h1,8-11,18H,4-7,12-15H2,2H3. The van der Waals surface area contributed by atoms with Crippen LogP contribution in [-0.2, 0) is 4.79 Å². The number of likely N-dealkylation sites (tertiary alicyclic amines) is 1. The number of carbonyl (C=O) groups excluding carboxylic acids is 1. The highest BCUT2D eigenvalue weighted by molar-refractivity contribution is 6.30. The number of nitrogens with zero attached hydrogens (tertiary/aromatic N) is 2. The maximum absolute atomic E-state index is 12.6. The third kappa shape index (κ3) is 5.43. The molecule has 0 radical (unpaired) electrons. The highest BCUT2D eigenvalue weighted by atomic mass is 35.5. The first-order chi connectivity index (χ1) is 11.6. The van der Waals surface area contributed by atoms with Gasteiger partial charge in [-0.25, -0.2) is 0 Å². The second kappa shape index (κ2) is 9.56. The van der Waals surface area contributed by atoms with Crippen molar-refractivity contribution in [1.82, 2.24) is 9.80 Å². The zero-order chi connectivity index (χ0) is 17.4. The van der Waals surface area contributed by atoms with Crippen LogP contribution in [0.4, 0.5) is 0 Å². The van der Waals surface area contributed by atoms with Crippen LogP contribution < -0.4 is 4.74 Å². The zero-order valence-electron chi connectivity index (χ0n) is 14.2. The number of halogens is 1. The maximum atomic E-state index is 12.6. The van der Waals surface area contributed by atoms with Crippen molar-refractivity contribution in [3.8, 4) is 18.1 Å².